The van der Waals surface area contributed by atoms with E-state index in [9.17, 15) is 9.59 Å². The third-order valence-corrected chi connectivity index (χ3v) is 5.40. The first-order valence-corrected chi connectivity index (χ1v) is 8.95. The van der Waals surface area contributed by atoms with Crippen LogP contribution in [0.1, 0.15) is 31.2 Å². The Morgan fingerprint density at radius 1 is 1.24 bits per heavy atom. The van der Waals surface area contributed by atoms with E-state index in [4.69, 9.17) is 4.74 Å². The number of H-pyrrole nitrogens is 1. The maximum atomic E-state index is 12.6. The fourth-order valence-electron chi connectivity index (χ4n) is 3.94. The van der Waals surface area contributed by atoms with E-state index in [0.717, 1.165) is 31.3 Å². The second-order valence-electron chi connectivity index (χ2n) is 7.02. The minimum Gasteiger partial charge on any atom is -0.441 e. The van der Waals surface area contributed by atoms with Gasteiger partial charge in [-0.25, -0.2) is 4.79 Å². The summed E-state index contributed by atoms with van der Waals surface area (Å²) in [7, 11) is 0. The molecule has 2 N–H and O–H groups in total. The van der Waals surface area contributed by atoms with Crippen LogP contribution in [0.2, 0.25) is 0 Å². The number of para-hydroxylation sites is 1. The van der Waals surface area contributed by atoms with E-state index < -0.39 is 5.60 Å². The van der Waals surface area contributed by atoms with Gasteiger partial charge in [0.15, 0.2) is 0 Å². The van der Waals surface area contributed by atoms with E-state index in [1.54, 1.807) is 0 Å². The molecule has 0 bridgehead atoms. The van der Waals surface area contributed by atoms with Crippen molar-refractivity contribution in [3.63, 3.8) is 0 Å². The van der Waals surface area contributed by atoms with E-state index in [0.29, 0.717) is 25.9 Å². The molecule has 6 nitrogen and oxygen atoms in total. The van der Waals surface area contributed by atoms with Gasteiger partial charge in [0.1, 0.15) is 5.60 Å². The molecule has 0 saturated carbocycles. The summed E-state index contributed by atoms with van der Waals surface area (Å²) in [5, 5.41) is 3.93. The average Bonchev–Trinajstić information content (AvgIpc) is 3.12. The zero-order valence-electron chi connectivity index (χ0n) is 14.2. The summed E-state index contributed by atoms with van der Waals surface area (Å²) in [6.07, 6.45) is 5.31. The Morgan fingerprint density at radius 3 is 2.96 bits per heavy atom. The number of nitrogens with zero attached hydrogens (tertiary/aromatic N) is 1. The van der Waals surface area contributed by atoms with E-state index in [-0.39, 0.29) is 12.0 Å². The summed E-state index contributed by atoms with van der Waals surface area (Å²) in [6.45, 7) is 1.96. The minimum absolute atomic E-state index is 0.180. The Hall–Kier alpha value is -2.50. The second kappa shape index (κ2) is 6.43. The Bertz CT molecular complexity index is 800. The first kappa shape index (κ1) is 16.0. The summed E-state index contributed by atoms with van der Waals surface area (Å²) in [4.78, 5) is 29.2. The molecule has 25 heavy (non-hydrogen) atoms. The zero-order valence-corrected chi connectivity index (χ0v) is 14.2. The number of ether oxygens (including phenoxy) is 1. The molecule has 1 spiro atoms. The molecule has 1 unspecified atom stereocenters. The van der Waals surface area contributed by atoms with Gasteiger partial charge in [-0.1, -0.05) is 18.2 Å². The highest BCUT2D eigenvalue weighted by atomic mass is 16.6. The molecule has 4 rings (SSSR count). The molecular formula is C19H23N3O3. The first-order chi connectivity index (χ1) is 12.2. The van der Waals surface area contributed by atoms with Crippen molar-refractivity contribution in [1.29, 1.82) is 0 Å². The van der Waals surface area contributed by atoms with E-state index in [1.165, 1.54) is 10.9 Å². The Kier molecular flexibility index (Phi) is 4.11. The zero-order chi connectivity index (χ0) is 17.3. The molecule has 132 valence electrons. The van der Waals surface area contributed by atoms with Crippen LogP contribution < -0.4 is 5.32 Å². The normalized spacial score (nSPS) is 23.5. The van der Waals surface area contributed by atoms with Gasteiger partial charge in [-0.2, -0.15) is 0 Å². The number of hydrogen-bond acceptors (Lipinski definition) is 3. The molecule has 1 aromatic carbocycles. The number of carbonyl (C=O) groups excluding carboxylic acids is 2. The molecule has 2 aliphatic rings. The van der Waals surface area contributed by atoms with Gasteiger partial charge in [-0.3, -0.25) is 4.79 Å². The maximum absolute atomic E-state index is 12.6. The Morgan fingerprint density at radius 2 is 2.12 bits per heavy atom. The number of hydrogen-bond donors (Lipinski definition) is 2. The van der Waals surface area contributed by atoms with Gasteiger partial charge < -0.3 is 19.9 Å². The average molecular weight is 341 g/mol. The molecule has 1 atom stereocenters. The topological polar surface area (TPSA) is 74.4 Å². The number of fused-ring (bicyclic) bond motifs is 1. The van der Waals surface area contributed by atoms with Crippen molar-refractivity contribution in [3.8, 4) is 0 Å². The number of rotatable bonds is 3. The standard InChI is InChI=1S/C19H23N3O3/c23-17(7-6-14-12-20-16-5-2-1-4-15(14)16)22-10-3-8-19(9-11-22)13-21-18(24)25-19/h1-2,4-5,12,20H,3,6-11,13H2,(H,21,24). The number of carbonyl (C=O) groups is 2. The molecule has 0 aliphatic carbocycles. The Labute approximate surface area is 146 Å². The number of aromatic amines is 1. The van der Waals surface area contributed by atoms with Crippen LogP contribution >= 0.6 is 0 Å². The third kappa shape index (κ3) is 3.21. The van der Waals surface area contributed by atoms with Gasteiger partial charge >= 0.3 is 6.09 Å². The number of alkyl carbamates (subject to hydrolysis) is 1. The van der Waals surface area contributed by atoms with Crippen molar-refractivity contribution in [2.45, 2.75) is 37.7 Å². The molecule has 3 heterocycles. The molecular weight excluding hydrogens is 318 g/mol. The molecule has 1 aromatic heterocycles. The van der Waals surface area contributed by atoms with Crippen LogP contribution in [0.15, 0.2) is 30.5 Å². The molecule has 6 heteroatoms. The van der Waals surface area contributed by atoms with E-state index >= 15 is 0 Å². The van der Waals surface area contributed by atoms with Crippen LogP contribution in [0.5, 0.6) is 0 Å². The number of likely N-dealkylation sites (tertiary alicyclic amines) is 1. The predicted octanol–water partition coefficient (Wildman–Crippen LogP) is 2.59. The maximum Gasteiger partial charge on any atom is 0.407 e. The van der Waals surface area contributed by atoms with Crippen molar-refractivity contribution in [3.05, 3.63) is 36.0 Å². The summed E-state index contributed by atoms with van der Waals surface area (Å²) < 4.78 is 5.47. The SMILES string of the molecule is O=C1NCC2(CCCN(C(=O)CCc3c[nH]c4ccccc34)CC2)O1. The largest absolute Gasteiger partial charge is 0.441 e. The summed E-state index contributed by atoms with van der Waals surface area (Å²) >= 11 is 0. The molecule has 2 saturated heterocycles. The molecule has 2 fully saturated rings. The lowest BCUT2D eigenvalue weighted by Crippen LogP contribution is -2.36. The number of benzene rings is 1. The fraction of sp³-hybridized carbons (Fsp3) is 0.474. The van der Waals surface area contributed by atoms with E-state index in [1.807, 2.05) is 29.3 Å². The van der Waals surface area contributed by atoms with E-state index in [2.05, 4.69) is 16.4 Å². The number of aryl methyl sites for hydroxylation is 1. The molecule has 2 amide bonds. The summed E-state index contributed by atoms with van der Waals surface area (Å²) in [5.74, 6) is 0.180. The van der Waals surface area contributed by atoms with Crippen molar-refractivity contribution in [2.24, 2.45) is 0 Å². The quantitative estimate of drug-likeness (QED) is 0.901. The van der Waals surface area contributed by atoms with Crippen LogP contribution in [-0.4, -0.2) is 47.1 Å². The van der Waals surface area contributed by atoms with Crippen LogP contribution in [0, 0.1) is 0 Å². The van der Waals surface area contributed by atoms with Gasteiger partial charge in [-0.05, 0) is 30.9 Å². The first-order valence-electron chi connectivity index (χ1n) is 8.95. The molecule has 0 radical (unpaired) electrons. The van der Waals surface area contributed by atoms with Gasteiger partial charge in [0, 0.05) is 43.0 Å². The summed E-state index contributed by atoms with van der Waals surface area (Å²) in [6, 6.07) is 8.16. The molecule has 2 aliphatic heterocycles. The smallest absolute Gasteiger partial charge is 0.407 e. The minimum atomic E-state index is -0.414. The lowest BCUT2D eigenvalue weighted by molar-refractivity contribution is -0.131. The highest BCUT2D eigenvalue weighted by molar-refractivity contribution is 5.84. The van der Waals surface area contributed by atoms with Crippen molar-refractivity contribution in [1.82, 2.24) is 15.2 Å². The Balaban J connectivity index is 1.36. The van der Waals surface area contributed by atoms with Crippen molar-refractivity contribution in [2.75, 3.05) is 19.6 Å². The second-order valence-corrected chi connectivity index (χ2v) is 7.02. The van der Waals surface area contributed by atoms with Crippen LogP contribution in [0.3, 0.4) is 0 Å². The van der Waals surface area contributed by atoms with Gasteiger partial charge in [-0.15, -0.1) is 0 Å². The number of amides is 2. The summed E-state index contributed by atoms with van der Waals surface area (Å²) in [5.41, 5.74) is 1.88. The number of aromatic nitrogens is 1. The van der Waals surface area contributed by atoms with Gasteiger partial charge in [0.2, 0.25) is 5.91 Å². The van der Waals surface area contributed by atoms with Crippen LogP contribution in [-0.2, 0) is 16.0 Å². The van der Waals surface area contributed by atoms with Gasteiger partial charge in [0.25, 0.3) is 0 Å². The van der Waals surface area contributed by atoms with Gasteiger partial charge in [0.05, 0.1) is 6.54 Å². The predicted molar refractivity (Wildman–Crippen MR) is 94.3 cm³/mol. The van der Waals surface area contributed by atoms with Crippen LogP contribution in [0.4, 0.5) is 4.79 Å². The highest BCUT2D eigenvalue weighted by Gasteiger charge is 2.41. The monoisotopic (exact) mass is 341 g/mol. The van der Waals surface area contributed by atoms with Crippen LogP contribution in [0.25, 0.3) is 10.9 Å². The highest BCUT2D eigenvalue weighted by Crippen LogP contribution is 2.29. The fourth-order valence-corrected chi connectivity index (χ4v) is 3.94. The third-order valence-electron chi connectivity index (χ3n) is 5.40. The number of nitrogens with one attached hydrogen (secondary N) is 2. The van der Waals surface area contributed by atoms with Crippen molar-refractivity contribution >= 4 is 22.9 Å². The lowest BCUT2D eigenvalue weighted by Gasteiger charge is -2.25. The molecule has 2 aromatic rings. The van der Waals surface area contributed by atoms with Crippen molar-refractivity contribution < 1.29 is 14.3 Å². The lowest BCUT2D eigenvalue weighted by atomic mass is 9.95.